The number of fused-ring (bicyclic) bond motifs is 1. The van der Waals surface area contributed by atoms with Crippen molar-refractivity contribution in [2.45, 2.75) is 65.3 Å². The Morgan fingerprint density at radius 2 is 1.53 bits per heavy atom. The first-order chi connectivity index (χ1) is 14.6. The van der Waals surface area contributed by atoms with E-state index >= 15 is 0 Å². The first kappa shape index (κ1) is 22.6. The highest BCUT2D eigenvalue weighted by atomic mass is 16.2. The van der Waals surface area contributed by atoms with E-state index in [1.54, 1.807) is 0 Å². The third-order valence-electron chi connectivity index (χ3n) is 6.07. The number of carbonyl (C=O) groups is 1. The molecule has 0 saturated carbocycles. The van der Waals surface area contributed by atoms with E-state index < -0.39 is 0 Å². The Morgan fingerprint density at radius 3 is 2.30 bits per heavy atom. The maximum absolute atomic E-state index is 13.0. The van der Waals surface area contributed by atoms with Gasteiger partial charge in [0.05, 0.1) is 0 Å². The van der Waals surface area contributed by atoms with Crippen LogP contribution in [0.3, 0.4) is 0 Å². The summed E-state index contributed by atoms with van der Waals surface area (Å²) in [6.45, 7) is 8.02. The summed E-state index contributed by atoms with van der Waals surface area (Å²) in [6, 6.07) is 19.3. The molecule has 2 aromatic carbocycles. The number of amides is 1. The first-order valence-electron chi connectivity index (χ1n) is 11.8. The summed E-state index contributed by atoms with van der Waals surface area (Å²) in [4.78, 5) is 17.7. The molecule has 3 rings (SSSR count). The number of hydrogen-bond acceptors (Lipinski definition) is 2. The Kier molecular flexibility index (Phi) is 8.95. The van der Waals surface area contributed by atoms with Crippen LogP contribution in [0.2, 0.25) is 0 Å². The fourth-order valence-corrected chi connectivity index (χ4v) is 4.37. The number of anilines is 1. The lowest BCUT2D eigenvalue weighted by Gasteiger charge is -2.30. The molecular weight excluding hydrogens is 368 g/mol. The van der Waals surface area contributed by atoms with Crippen LogP contribution in [0.5, 0.6) is 0 Å². The second kappa shape index (κ2) is 11.9. The highest BCUT2D eigenvalue weighted by molar-refractivity contribution is 5.95. The molecule has 1 aliphatic rings. The third-order valence-corrected chi connectivity index (χ3v) is 6.07. The quantitative estimate of drug-likeness (QED) is 0.601. The van der Waals surface area contributed by atoms with Crippen LogP contribution in [0.25, 0.3) is 0 Å². The smallest absolute Gasteiger partial charge is 0.229 e. The lowest BCUT2D eigenvalue weighted by Crippen LogP contribution is -2.37. The zero-order valence-electron chi connectivity index (χ0n) is 18.9. The van der Waals surface area contributed by atoms with Crippen molar-refractivity contribution in [2.75, 3.05) is 24.5 Å². The molecule has 30 heavy (non-hydrogen) atoms. The van der Waals surface area contributed by atoms with E-state index in [-0.39, 0.29) is 11.8 Å². The molecule has 0 fully saturated rings. The van der Waals surface area contributed by atoms with Gasteiger partial charge in [0.15, 0.2) is 0 Å². The van der Waals surface area contributed by atoms with Crippen LogP contribution in [0.4, 0.5) is 5.69 Å². The first-order valence-corrected chi connectivity index (χ1v) is 11.8. The third kappa shape index (κ3) is 6.70. The topological polar surface area (TPSA) is 23.6 Å². The van der Waals surface area contributed by atoms with E-state index in [9.17, 15) is 4.79 Å². The van der Waals surface area contributed by atoms with Gasteiger partial charge in [0.25, 0.3) is 0 Å². The van der Waals surface area contributed by atoms with Crippen LogP contribution in [-0.2, 0) is 17.8 Å². The van der Waals surface area contributed by atoms with Crippen molar-refractivity contribution in [3.05, 3.63) is 65.7 Å². The standard InChI is InChI=1S/C27H38N2O/c1-23(2)27(30)29-21-12-5-3-4-11-19-28(22-25-17-9-10-18-26(25)29)20-13-16-24-14-7-6-8-15-24/h6-10,14-15,17-18,23H,3-5,11-13,16,19-22H2,1-2H3. The van der Waals surface area contributed by atoms with Crippen LogP contribution in [0, 0.1) is 5.92 Å². The number of aryl methyl sites for hydroxylation is 1. The van der Waals surface area contributed by atoms with E-state index in [4.69, 9.17) is 0 Å². The van der Waals surface area contributed by atoms with E-state index in [0.29, 0.717) is 0 Å². The zero-order valence-corrected chi connectivity index (χ0v) is 18.9. The summed E-state index contributed by atoms with van der Waals surface area (Å²) in [5.41, 5.74) is 3.82. The van der Waals surface area contributed by atoms with Crippen LogP contribution in [0.1, 0.15) is 63.5 Å². The molecule has 0 saturated heterocycles. The molecule has 0 atom stereocenters. The molecular formula is C27H38N2O. The molecule has 0 unspecified atom stereocenters. The summed E-state index contributed by atoms with van der Waals surface area (Å²) >= 11 is 0. The van der Waals surface area contributed by atoms with E-state index in [1.165, 1.54) is 43.2 Å². The van der Waals surface area contributed by atoms with Crippen molar-refractivity contribution >= 4 is 11.6 Å². The molecule has 162 valence electrons. The fourth-order valence-electron chi connectivity index (χ4n) is 4.37. The van der Waals surface area contributed by atoms with Crippen LogP contribution >= 0.6 is 0 Å². The van der Waals surface area contributed by atoms with Crippen LogP contribution in [-0.4, -0.2) is 30.4 Å². The molecule has 0 aliphatic carbocycles. The van der Waals surface area contributed by atoms with Gasteiger partial charge in [-0.25, -0.2) is 0 Å². The SMILES string of the molecule is CC(C)C(=O)N1CCCCCCCN(CCCc2ccccc2)Cc2ccccc21. The Labute approximate surface area is 183 Å². The molecule has 0 spiro atoms. The zero-order chi connectivity index (χ0) is 21.2. The molecule has 1 aliphatic heterocycles. The van der Waals surface area contributed by atoms with Crippen molar-refractivity contribution in [3.8, 4) is 0 Å². The minimum Gasteiger partial charge on any atom is -0.312 e. The van der Waals surface area contributed by atoms with Crippen molar-refractivity contribution in [1.82, 2.24) is 4.90 Å². The van der Waals surface area contributed by atoms with Gasteiger partial charge in [-0.1, -0.05) is 81.6 Å². The Hall–Kier alpha value is -2.13. The molecule has 1 heterocycles. The average Bonchev–Trinajstić information content (AvgIpc) is 2.75. The van der Waals surface area contributed by atoms with Crippen molar-refractivity contribution in [1.29, 1.82) is 0 Å². The van der Waals surface area contributed by atoms with Crippen molar-refractivity contribution in [2.24, 2.45) is 5.92 Å². The maximum Gasteiger partial charge on any atom is 0.229 e. The normalized spacial score (nSPS) is 16.6. The Balaban J connectivity index is 1.75. The molecule has 3 nitrogen and oxygen atoms in total. The minimum absolute atomic E-state index is 0.0212. The van der Waals surface area contributed by atoms with Gasteiger partial charge in [-0.05, 0) is 56.0 Å². The number of benzene rings is 2. The number of para-hydroxylation sites is 1. The van der Waals surface area contributed by atoms with Crippen LogP contribution < -0.4 is 4.90 Å². The number of rotatable bonds is 5. The van der Waals surface area contributed by atoms with E-state index in [2.05, 4.69) is 64.4 Å². The largest absolute Gasteiger partial charge is 0.312 e. The van der Waals surface area contributed by atoms with Gasteiger partial charge < -0.3 is 4.90 Å². The lowest BCUT2D eigenvalue weighted by atomic mass is 10.0. The average molecular weight is 407 g/mol. The molecule has 0 N–H and O–H groups in total. The molecule has 0 aromatic heterocycles. The van der Waals surface area contributed by atoms with Crippen molar-refractivity contribution in [3.63, 3.8) is 0 Å². The molecule has 0 radical (unpaired) electrons. The Bertz CT molecular complexity index is 771. The molecule has 0 bridgehead atoms. The monoisotopic (exact) mass is 406 g/mol. The van der Waals surface area contributed by atoms with Gasteiger partial charge in [-0.15, -0.1) is 0 Å². The summed E-state index contributed by atoms with van der Waals surface area (Å²) < 4.78 is 0. The number of nitrogens with zero attached hydrogens (tertiary/aromatic N) is 2. The summed E-state index contributed by atoms with van der Waals surface area (Å²) in [7, 11) is 0. The summed E-state index contributed by atoms with van der Waals surface area (Å²) in [5.74, 6) is 0.267. The lowest BCUT2D eigenvalue weighted by molar-refractivity contribution is -0.121. The molecule has 2 aromatic rings. The fraction of sp³-hybridized carbons (Fsp3) is 0.519. The summed E-state index contributed by atoms with van der Waals surface area (Å²) in [5, 5.41) is 0. The van der Waals surface area contributed by atoms with Gasteiger partial charge >= 0.3 is 0 Å². The van der Waals surface area contributed by atoms with Gasteiger partial charge in [-0.3, -0.25) is 9.69 Å². The van der Waals surface area contributed by atoms with E-state index in [1.807, 2.05) is 13.8 Å². The predicted molar refractivity (Wildman–Crippen MR) is 127 cm³/mol. The Morgan fingerprint density at radius 1 is 0.867 bits per heavy atom. The van der Waals surface area contributed by atoms with E-state index in [0.717, 1.165) is 44.7 Å². The molecule has 3 heteroatoms. The predicted octanol–water partition coefficient (Wildman–Crippen LogP) is 6.07. The maximum atomic E-state index is 13.0. The number of hydrogen-bond donors (Lipinski definition) is 0. The van der Waals surface area contributed by atoms with Gasteiger partial charge in [0, 0.05) is 24.7 Å². The highest BCUT2D eigenvalue weighted by Crippen LogP contribution is 2.25. The second-order valence-electron chi connectivity index (χ2n) is 8.91. The molecule has 1 amide bonds. The van der Waals surface area contributed by atoms with Gasteiger partial charge in [0.1, 0.15) is 0 Å². The van der Waals surface area contributed by atoms with Crippen molar-refractivity contribution < 1.29 is 4.79 Å². The van der Waals surface area contributed by atoms with Gasteiger partial charge in [0.2, 0.25) is 5.91 Å². The van der Waals surface area contributed by atoms with Crippen LogP contribution in [0.15, 0.2) is 54.6 Å². The van der Waals surface area contributed by atoms with Gasteiger partial charge in [-0.2, -0.15) is 0 Å². The number of carbonyl (C=O) groups excluding carboxylic acids is 1. The minimum atomic E-state index is 0.0212. The second-order valence-corrected chi connectivity index (χ2v) is 8.91. The summed E-state index contributed by atoms with van der Waals surface area (Å²) in [6.07, 6.45) is 8.41. The highest BCUT2D eigenvalue weighted by Gasteiger charge is 2.22.